The summed E-state index contributed by atoms with van der Waals surface area (Å²) in [6.45, 7) is 3.61. The number of piperidine rings is 1. The summed E-state index contributed by atoms with van der Waals surface area (Å²) in [7, 11) is 0. The lowest BCUT2D eigenvalue weighted by Gasteiger charge is -2.41. The van der Waals surface area contributed by atoms with Gasteiger partial charge in [-0.1, -0.05) is 0 Å². The van der Waals surface area contributed by atoms with Crippen LogP contribution in [0.3, 0.4) is 0 Å². The molecule has 3 aromatic heterocycles. The van der Waals surface area contributed by atoms with E-state index in [4.69, 9.17) is 10.7 Å². The average molecular weight is 389 g/mol. The Kier molecular flexibility index (Phi) is 4.08. The van der Waals surface area contributed by atoms with Crippen molar-refractivity contribution in [2.24, 2.45) is 0 Å². The SMILES string of the molecule is Cc1cc(N2CCCC3(CCc4c3nc(-c3cccnc3)[nH]c4=O)C2)nc(N)n1. The van der Waals surface area contributed by atoms with E-state index >= 15 is 0 Å². The normalized spacial score (nSPS) is 20.8. The van der Waals surface area contributed by atoms with Crippen LogP contribution in [0.4, 0.5) is 11.8 Å². The summed E-state index contributed by atoms with van der Waals surface area (Å²) in [6, 6.07) is 5.74. The molecule has 148 valence electrons. The molecule has 0 amide bonds. The highest BCUT2D eigenvalue weighted by Gasteiger charge is 2.45. The predicted octanol–water partition coefficient (Wildman–Crippen LogP) is 2.00. The number of nitrogen functional groups attached to an aromatic ring is 1. The first-order valence-corrected chi connectivity index (χ1v) is 9.94. The number of fused-ring (bicyclic) bond motifs is 2. The van der Waals surface area contributed by atoms with Crippen molar-refractivity contribution in [3.63, 3.8) is 0 Å². The molecule has 0 saturated carbocycles. The number of nitrogens with zero attached hydrogens (tertiary/aromatic N) is 5. The van der Waals surface area contributed by atoms with Gasteiger partial charge in [0, 0.05) is 53.8 Å². The topological polar surface area (TPSA) is 114 Å². The highest BCUT2D eigenvalue weighted by Crippen LogP contribution is 2.44. The van der Waals surface area contributed by atoms with Gasteiger partial charge in [-0.3, -0.25) is 9.78 Å². The molecule has 1 atom stereocenters. The third-order valence-corrected chi connectivity index (χ3v) is 6.07. The molecule has 4 heterocycles. The van der Waals surface area contributed by atoms with E-state index in [1.54, 1.807) is 12.4 Å². The maximum Gasteiger partial charge on any atom is 0.254 e. The molecule has 29 heavy (non-hydrogen) atoms. The van der Waals surface area contributed by atoms with Crippen LogP contribution in [0.2, 0.25) is 0 Å². The van der Waals surface area contributed by atoms with Gasteiger partial charge >= 0.3 is 0 Å². The van der Waals surface area contributed by atoms with Gasteiger partial charge in [-0.15, -0.1) is 0 Å². The second-order valence-corrected chi connectivity index (χ2v) is 8.01. The fraction of sp³-hybridized carbons (Fsp3) is 0.381. The van der Waals surface area contributed by atoms with Crippen molar-refractivity contribution in [3.8, 4) is 11.4 Å². The first kappa shape index (κ1) is 17.8. The number of aryl methyl sites for hydroxylation is 1. The van der Waals surface area contributed by atoms with E-state index in [1.807, 2.05) is 25.1 Å². The van der Waals surface area contributed by atoms with Crippen LogP contribution in [0.15, 0.2) is 35.4 Å². The number of rotatable bonds is 2. The summed E-state index contributed by atoms with van der Waals surface area (Å²) < 4.78 is 0. The Labute approximate surface area is 168 Å². The second kappa shape index (κ2) is 6.65. The number of anilines is 2. The molecule has 8 nitrogen and oxygen atoms in total. The van der Waals surface area contributed by atoms with E-state index in [9.17, 15) is 4.79 Å². The second-order valence-electron chi connectivity index (χ2n) is 8.01. The molecule has 1 spiro atoms. The first-order valence-electron chi connectivity index (χ1n) is 9.94. The third kappa shape index (κ3) is 3.04. The van der Waals surface area contributed by atoms with Crippen molar-refractivity contribution in [2.75, 3.05) is 23.7 Å². The van der Waals surface area contributed by atoms with Crippen LogP contribution < -0.4 is 16.2 Å². The minimum absolute atomic E-state index is 0.0371. The summed E-state index contributed by atoms with van der Waals surface area (Å²) >= 11 is 0. The number of nitrogens with one attached hydrogen (secondary N) is 1. The molecule has 1 saturated heterocycles. The summed E-state index contributed by atoms with van der Waals surface area (Å²) in [6.07, 6.45) is 7.14. The van der Waals surface area contributed by atoms with Crippen molar-refractivity contribution in [1.29, 1.82) is 0 Å². The van der Waals surface area contributed by atoms with Gasteiger partial charge in [-0.25, -0.2) is 9.97 Å². The molecule has 0 aromatic carbocycles. The number of aromatic nitrogens is 5. The number of aromatic amines is 1. The Balaban J connectivity index is 1.56. The molecule has 1 fully saturated rings. The molecule has 3 aromatic rings. The predicted molar refractivity (Wildman–Crippen MR) is 111 cm³/mol. The number of hydrogen-bond donors (Lipinski definition) is 2. The van der Waals surface area contributed by atoms with Gasteiger partial charge in [-0.05, 0) is 44.7 Å². The molecule has 1 unspecified atom stereocenters. The summed E-state index contributed by atoms with van der Waals surface area (Å²) in [5, 5.41) is 0. The van der Waals surface area contributed by atoms with Crippen molar-refractivity contribution in [1.82, 2.24) is 24.9 Å². The van der Waals surface area contributed by atoms with Crippen LogP contribution >= 0.6 is 0 Å². The Hall–Kier alpha value is -3.29. The third-order valence-electron chi connectivity index (χ3n) is 6.07. The standard InChI is InChI=1S/C21H23N7O/c1-13-10-16(25-20(22)24-13)28-9-3-6-21(12-28)7-5-15-17(21)26-18(27-19(15)29)14-4-2-8-23-11-14/h2,4,8,10-11H,3,5-7,9,12H2,1H3,(H2,22,24,25)(H,26,27,29). The van der Waals surface area contributed by atoms with Crippen molar-refractivity contribution >= 4 is 11.8 Å². The Morgan fingerprint density at radius 2 is 2.14 bits per heavy atom. The van der Waals surface area contributed by atoms with Crippen LogP contribution in [-0.2, 0) is 11.8 Å². The minimum Gasteiger partial charge on any atom is -0.368 e. The number of hydrogen-bond acceptors (Lipinski definition) is 7. The van der Waals surface area contributed by atoms with E-state index < -0.39 is 0 Å². The summed E-state index contributed by atoms with van der Waals surface area (Å²) in [5.41, 5.74) is 9.12. The lowest BCUT2D eigenvalue weighted by Crippen LogP contribution is -2.46. The zero-order valence-corrected chi connectivity index (χ0v) is 16.4. The fourth-order valence-electron chi connectivity index (χ4n) is 4.75. The Morgan fingerprint density at radius 3 is 2.93 bits per heavy atom. The molecule has 2 aliphatic rings. The number of H-pyrrole nitrogens is 1. The van der Waals surface area contributed by atoms with Crippen LogP contribution in [0.1, 0.15) is 36.2 Å². The van der Waals surface area contributed by atoms with Crippen molar-refractivity contribution < 1.29 is 0 Å². The van der Waals surface area contributed by atoms with Gasteiger partial charge in [0.05, 0.1) is 5.69 Å². The van der Waals surface area contributed by atoms with Crippen LogP contribution in [0.5, 0.6) is 0 Å². The van der Waals surface area contributed by atoms with Crippen LogP contribution in [-0.4, -0.2) is 38.0 Å². The zero-order chi connectivity index (χ0) is 20.0. The lowest BCUT2D eigenvalue weighted by atomic mass is 9.77. The number of nitrogens with two attached hydrogens (primary N) is 1. The Morgan fingerprint density at radius 1 is 1.24 bits per heavy atom. The highest BCUT2D eigenvalue weighted by atomic mass is 16.1. The molecule has 0 bridgehead atoms. The maximum atomic E-state index is 12.8. The van der Waals surface area contributed by atoms with E-state index in [0.717, 1.165) is 67.1 Å². The summed E-state index contributed by atoms with van der Waals surface area (Å²) in [5.74, 6) is 1.72. The average Bonchev–Trinajstić information content (AvgIpc) is 3.06. The van der Waals surface area contributed by atoms with E-state index in [1.165, 1.54) is 0 Å². The maximum absolute atomic E-state index is 12.8. The fourth-order valence-corrected chi connectivity index (χ4v) is 4.75. The number of pyridine rings is 1. The first-order chi connectivity index (χ1) is 14.0. The quantitative estimate of drug-likeness (QED) is 0.689. The minimum atomic E-state index is -0.146. The molecule has 3 N–H and O–H groups in total. The lowest BCUT2D eigenvalue weighted by molar-refractivity contribution is 0.333. The summed E-state index contributed by atoms with van der Waals surface area (Å²) in [4.78, 5) is 35.8. The van der Waals surface area contributed by atoms with Crippen molar-refractivity contribution in [3.05, 3.63) is 57.9 Å². The van der Waals surface area contributed by atoms with Gasteiger partial charge < -0.3 is 15.6 Å². The van der Waals surface area contributed by atoms with Gasteiger partial charge in [0.1, 0.15) is 11.6 Å². The van der Waals surface area contributed by atoms with Crippen molar-refractivity contribution in [2.45, 2.75) is 38.0 Å². The molecule has 5 rings (SSSR count). The molecule has 1 aliphatic carbocycles. The molecule has 1 aliphatic heterocycles. The monoisotopic (exact) mass is 389 g/mol. The van der Waals surface area contributed by atoms with Crippen LogP contribution in [0, 0.1) is 6.92 Å². The Bertz CT molecular complexity index is 1110. The molecular formula is C21H23N7O. The van der Waals surface area contributed by atoms with Gasteiger partial charge in [0.25, 0.3) is 5.56 Å². The smallest absolute Gasteiger partial charge is 0.254 e. The zero-order valence-electron chi connectivity index (χ0n) is 16.4. The van der Waals surface area contributed by atoms with E-state index in [-0.39, 0.29) is 11.0 Å². The van der Waals surface area contributed by atoms with E-state index in [2.05, 4.69) is 24.8 Å². The van der Waals surface area contributed by atoms with Gasteiger partial charge in [0.15, 0.2) is 0 Å². The largest absolute Gasteiger partial charge is 0.368 e. The molecular weight excluding hydrogens is 366 g/mol. The van der Waals surface area contributed by atoms with Gasteiger partial charge in [-0.2, -0.15) is 4.98 Å². The van der Waals surface area contributed by atoms with Crippen LogP contribution in [0.25, 0.3) is 11.4 Å². The van der Waals surface area contributed by atoms with E-state index in [0.29, 0.717) is 11.8 Å². The van der Waals surface area contributed by atoms with Gasteiger partial charge in [0.2, 0.25) is 5.95 Å². The molecule has 0 radical (unpaired) electrons. The molecule has 8 heteroatoms. The highest BCUT2D eigenvalue weighted by molar-refractivity contribution is 5.55.